The molecule has 0 aliphatic heterocycles. The number of thiocarbonyl (C=S) groups is 1. The van der Waals surface area contributed by atoms with Gasteiger partial charge in [-0.25, -0.2) is 0 Å². The fourth-order valence-electron chi connectivity index (χ4n) is 2.55. The third-order valence-electron chi connectivity index (χ3n) is 3.88. The fraction of sp³-hybridized carbons (Fsp3) is 0.111. The number of nitro groups is 1. The molecule has 0 saturated heterocycles. The van der Waals surface area contributed by atoms with Gasteiger partial charge in [0.2, 0.25) is 0 Å². The molecular weight excluding hydrogens is 396 g/mol. The Labute approximate surface area is 169 Å². The number of H-pyrrole nitrogens is 1. The van der Waals surface area contributed by atoms with Crippen LogP contribution in [0, 0.1) is 10.1 Å². The number of nitrogens with two attached hydrogens (primary N) is 1. The van der Waals surface area contributed by atoms with Gasteiger partial charge in [-0.3, -0.25) is 20.0 Å². The van der Waals surface area contributed by atoms with E-state index in [2.05, 4.69) is 15.3 Å². The summed E-state index contributed by atoms with van der Waals surface area (Å²) in [5.74, 6) is 0.515. The Morgan fingerprint density at radius 3 is 2.55 bits per heavy atom. The van der Waals surface area contributed by atoms with Gasteiger partial charge in [0.1, 0.15) is 11.4 Å². The number of ether oxygens (including phenoxy) is 1. The topological polar surface area (TPSA) is 141 Å². The molecule has 0 spiro atoms. The Morgan fingerprint density at radius 2 is 1.93 bits per heavy atom. The molecule has 3 N–H and O–H groups in total. The Morgan fingerprint density at radius 1 is 1.24 bits per heavy atom. The molecule has 0 radical (unpaired) electrons. The summed E-state index contributed by atoms with van der Waals surface area (Å²) in [4.78, 5) is 23.0. The maximum absolute atomic E-state index is 12.7. The number of nitrogens with one attached hydrogen (secondary N) is 1. The predicted octanol–water partition coefficient (Wildman–Crippen LogP) is 3.66. The van der Waals surface area contributed by atoms with Gasteiger partial charge < -0.3 is 10.5 Å². The highest BCUT2D eigenvalue weighted by Gasteiger charge is 2.18. The molecule has 1 heterocycles. The second-order valence-electron chi connectivity index (χ2n) is 5.72. The lowest BCUT2D eigenvalue weighted by molar-refractivity contribution is -0.384. The highest BCUT2D eigenvalue weighted by atomic mass is 32.1. The average Bonchev–Trinajstić information content (AvgIpc) is 3.04. The minimum Gasteiger partial charge on any atom is -0.492 e. The third-order valence-corrected chi connectivity index (χ3v) is 4.06. The molecule has 0 bridgehead atoms. The lowest BCUT2D eigenvalue weighted by Crippen LogP contribution is -2.29. The van der Waals surface area contributed by atoms with Gasteiger partial charge in [0, 0.05) is 17.7 Å². The van der Waals surface area contributed by atoms with E-state index in [1.54, 1.807) is 24.3 Å². The summed E-state index contributed by atoms with van der Waals surface area (Å²) in [6, 6.07) is 12.6. The van der Waals surface area contributed by atoms with Crippen LogP contribution in [0.3, 0.4) is 0 Å². The molecule has 0 amide bonds. The number of hydrogen-bond acceptors (Lipinski definition) is 7. The molecule has 1 aromatic heterocycles. The zero-order valence-electron chi connectivity index (χ0n) is 15.2. The van der Waals surface area contributed by atoms with E-state index in [1.807, 2.05) is 6.92 Å². The summed E-state index contributed by atoms with van der Waals surface area (Å²) < 4.78 is 6.45. The molecule has 0 fully saturated rings. The summed E-state index contributed by atoms with van der Waals surface area (Å²) in [6.45, 7) is 2.28. The highest BCUT2D eigenvalue weighted by molar-refractivity contribution is 7.80. The maximum Gasteiger partial charge on any atom is 0.301 e. The lowest BCUT2D eigenvalue weighted by Gasteiger charge is -2.04. The fourth-order valence-corrected chi connectivity index (χ4v) is 2.68. The highest BCUT2D eigenvalue weighted by Crippen LogP contribution is 2.31. The van der Waals surface area contributed by atoms with Gasteiger partial charge >= 0.3 is 5.56 Å². The number of rotatable bonds is 6. The standard InChI is InChI=1S/C18H16N6O4S/c1-2-28-14-6-4-3-5-13(14)20-21-16-15(22-23(17(16)25)18(19)29)11-7-9-12(10-8-11)24(26)27/h3-10,22H,2H2,1H3,(H2,19,29). The van der Waals surface area contributed by atoms with E-state index in [9.17, 15) is 14.9 Å². The molecule has 0 atom stereocenters. The van der Waals surface area contributed by atoms with Gasteiger partial charge in [0.15, 0.2) is 10.8 Å². The van der Waals surface area contributed by atoms with E-state index >= 15 is 0 Å². The van der Waals surface area contributed by atoms with Crippen LogP contribution in [0.5, 0.6) is 5.75 Å². The molecule has 0 aliphatic carbocycles. The first-order valence-electron chi connectivity index (χ1n) is 8.45. The van der Waals surface area contributed by atoms with Crippen molar-refractivity contribution in [3.8, 4) is 17.0 Å². The van der Waals surface area contributed by atoms with Gasteiger partial charge in [-0.05, 0) is 43.4 Å². The van der Waals surface area contributed by atoms with Crippen molar-refractivity contribution in [1.29, 1.82) is 0 Å². The van der Waals surface area contributed by atoms with Gasteiger partial charge in [0.05, 0.1) is 17.2 Å². The molecule has 148 valence electrons. The summed E-state index contributed by atoms with van der Waals surface area (Å²) in [5.41, 5.74) is 6.06. The Balaban J connectivity index is 2.10. The molecule has 0 saturated carbocycles. The SMILES string of the molecule is CCOc1ccccc1N=Nc1c(-c2ccc([N+](=O)[O-])cc2)[nH]n(C(N)=S)c1=O. The number of nitrogens with zero attached hydrogens (tertiary/aromatic N) is 4. The maximum atomic E-state index is 12.7. The average molecular weight is 412 g/mol. The van der Waals surface area contributed by atoms with Crippen molar-refractivity contribution in [2.75, 3.05) is 6.61 Å². The van der Waals surface area contributed by atoms with Crippen molar-refractivity contribution in [2.45, 2.75) is 6.92 Å². The first kappa shape index (κ1) is 19.9. The van der Waals surface area contributed by atoms with Crippen LogP contribution in [0.4, 0.5) is 17.1 Å². The summed E-state index contributed by atoms with van der Waals surface area (Å²) in [6.07, 6.45) is 0. The molecule has 0 unspecified atom stereocenters. The zero-order valence-corrected chi connectivity index (χ0v) is 16.0. The minimum atomic E-state index is -0.594. The number of non-ortho nitro benzene ring substituents is 1. The summed E-state index contributed by atoms with van der Waals surface area (Å²) in [5, 5.41) is 21.7. The summed E-state index contributed by atoms with van der Waals surface area (Å²) in [7, 11) is 0. The third kappa shape index (κ3) is 4.19. The zero-order chi connectivity index (χ0) is 21.0. The number of para-hydroxylation sites is 1. The number of benzene rings is 2. The molecule has 29 heavy (non-hydrogen) atoms. The van der Waals surface area contributed by atoms with Crippen molar-refractivity contribution < 1.29 is 9.66 Å². The second kappa shape index (κ2) is 8.44. The number of aromatic amines is 1. The summed E-state index contributed by atoms with van der Waals surface area (Å²) >= 11 is 4.89. The van der Waals surface area contributed by atoms with Crippen LogP contribution < -0.4 is 16.0 Å². The smallest absolute Gasteiger partial charge is 0.301 e. The quantitative estimate of drug-likeness (QED) is 0.274. The van der Waals surface area contributed by atoms with Crippen LogP contribution in [0.1, 0.15) is 6.92 Å². The van der Waals surface area contributed by atoms with E-state index in [1.165, 1.54) is 24.3 Å². The van der Waals surface area contributed by atoms with E-state index in [4.69, 9.17) is 22.7 Å². The normalized spacial score (nSPS) is 10.9. The number of aromatic nitrogens is 2. The van der Waals surface area contributed by atoms with Crippen LogP contribution in [0.15, 0.2) is 63.6 Å². The van der Waals surface area contributed by atoms with Gasteiger partial charge in [0.25, 0.3) is 5.69 Å². The predicted molar refractivity (Wildman–Crippen MR) is 111 cm³/mol. The molecule has 3 rings (SSSR count). The Hall–Kier alpha value is -3.86. The first-order chi connectivity index (χ1) is 13.9. The van der Waals surface area contributed by atoms with E-state index in [0.717, 1.165) is 4.68 Å². The van der Waals surface area contributed by atoms with Crippen molar-refractivity contribution in [1.82, 2.24) is 9.78 Å². The van der Waals surface area contributed by atoms with Crippen LogP contribution in [-0.4, -0.2) is 26.4 Å². The number of nitro benzene ring substituents is 1. The second-order valence-corrected chi connectivity index (χ2v) is 6.14. The Kier molecular flexibility index (Phi) is 5.79. The molecule has 11 heteroatoms. The minimum absolute atomic E-state index is 0.0436. The van der Waals surface area contributed by atoms with E-state index in [0.29, 0.717) is 23.6 Å². The molecule has 10 nitrogen and oxygen atoms in total. The molecule has 0 aliphatic rings. The first-order valence-corrected chi connectivity index (χ1v) is 8.86. The van der Waals surface area contributed by atoms with Crippen molar-refractivity contribution in [3.63, 3.8) is 0 Å². The van der Waals surface area contributed by atoms with Crippen molar-refractivity contribution in [2.24, 2.45) is 16.0 Å². The van der Waals surface area contributed by atoms with Gasteiger partial charge in [-0.2, -0.15) is 4.68 Å². The van der Waals surface area contributed by atoms with Crippen LogP contribution in [-0.2, 0) is 0 Å². The Bertz CT molecular complexity index is 1150. The molecule has 2 aromatic carbocycles. The van der Waals surface area contributed by atoms with Crippen molar-refractivity contribution in [3.05, 3.63) is 69.0 Å². The largest absolute Gasteiger partial charge is 0.492 e. The van der Waals surface area contributed by atoms with Crippen molar-refractivity contribution >= 4 is 34.4 Å². The lowest BCUT2D eigenvalue weighted by atomic mass is 10.1. The van der Waals surface area contributed by atoms with Crippen LogP contribution in [0.2, 0.25) is 0 Å². The number of azo groups is 1. The molecule has 3 aromatic rings. The van der Waals surface area contributed by atoms with Crippen LogP contribution in [0.25, 0.3) is 11.3 Å². The monoisotopic (exact) mass is 412 g/mol. The van der Waals surface area contributed by atoms with Gasteiger partial charge in [-0.1, -0.05) is 12.1 Å². The van der Waals surface area contributed by atoms with Crippen LogP contribution >= 0.6 is 12.2 Å². The number of hydrogen-bond donors (Lipinski definition) is 2. The van der Waals surface area contributed by atoms with E-state index < -0.39 is 10.5 Å². The van der Waals surface area contributed by atoms with E-state index in [-0.39, 0.29) is 22.2 Å². The molecular formula is C18H16N6O4S. The van der Waals surface area contributed by atoms with Gasteiger partial charge in [-0.15, -0.1) is 10.2 Å².